The highest BCUT2D eigenvalue weighted by Gasteiger charge is 2.41. The number of carbonyl (C=O) groups is 1. The molecule has 1 aliphatic rings. The van der Waals surface area contributed by atoms with Gasteiger partial charge in [-0.1, -0.05) is 0 Å². The van der Waals surface area contributed by atoms with E-state index in [2.05, 4.69) is 15.4 Å². The largest absolute Gasteiger partial charge is 0.458 e. The van der Waals surface area contributed by atoms with Crippen molar-refractivity contribution in [2.75, 3.05) is 18.5 Å². The Labute approximate surface area is 177 Å². The molecule has 1 N–H and O–H groups in total. The lowest BCUT2D eigenvalue weighted by Crippen LogP contribution is -2.44. The van der Waals surface area contributed by atoms with Crippen LogP contribution < -0.4 is 5.32 Å². The quantitative estimate of drug-likeness (QED) is 0.486. The van der Waals surface area contributed by atoms with Crippen LogP contribution in [0.1, 0.15) is 37.4 Å². The van der Waals surface area contributed by atoms with Gasteiger partial charge in [0.25, 0.3) is 0 Å². The number of ether oxygens (including phenoxy) is 2. The van der Waals surface area contributed by atoms with Crippen LogP contribution in [0.25, 0.3) is 5.52 Å². The van der Waals surface area contributed by atoms with Gasteiger partial charge in [0, 0.05) is 13.5 Å². The maximum Gasteiger partial charge on any atom is 0.397 e. The Morgan fingerprint density at radius 3 is 2.90 bits per heavy atom. The number of nitriles is 1. The molecule has 0 aromatic carbocycles. The average molecular weight is 523 g/mol. The van der Waals surface area contributed by atoms with Gasteiger partial charge in [0.2, 0.25) is 5.95 Å². The molecule has 0 aliphatic carbocycles. The van der Waals surface area contributed by atoms with Gasteiger partial charge in [-0.15, -0.1) is 5.10 Å². The van der Waals surface area contributed by atoms with Crippen LogP contribution in [-0.4, -0.2) is 52.1 Å². The van der Waals surface area contributed by atoms with Crippen LogP contribution >= 0.6 is 22.6 Å². The van der Waals surface area contributed by atoms with E-state index in [1.165, 1.54) is 13.1 Å². The predicted molar refractivity (Wildman–Crippen MR) is 103 cm³/mol. The Bertz CT molecular complexity index is 972. The fourth-order valence-electron chi connectivity index (χ4n) is 3.13. The molecule has 12 heteroatoms. The average Bonchev–Trinajstić information content (AvgIpc) is 2.92. The van der Waals surface area contributed by atoms with Gasteiger partial charge in [-0.2, -0.15) is 18.4 Å². The Morgan fingerprint density at radius 1 is 1.55 bits per heavy atom. The van der Waals surface area contributed by atoms with Gasteiger partial charge >= 0.3 is 12.1 Å². The molecule has 0 radical (unpaired) electrons. The number of alkyl halides is 3. The summed E-state index contributed by atoms with van der Waals surface area (Å²) >= 11 is 1.82. The van der Waals surface area contributed by atoms with Crippen LogP contribution in [0, 0.1) is 14.9 Å². The molecule has 3 unspecified atom stereocenters. The monoisotopic (exact) mass is 523 g/mol. The number of aromatic nitrogens is 3. The van der Waals surface area contributed by atoms with Crippen molar-refractivity contribution in [3.63, 3.8) is 0 Å². The number of halogens is 4. The molecule has 1 aliphatic heterocycles. The van der Waals surface area contributed by atoms with E-state index >= 15 is 0 Å². The molecule has 1 saturated heterocycles. The Kier molecular flexibility index (Phi) is 6.18. The molecule has 3 rings (SSSR count). The highest BCUT2D eigenvalue weighted by molar-refractivity contribution is 14.1. The second-order valence-corrected chi connectivity index (χ2v) is 7.67. The Balaban J connectivity index is 2.01. The SMILES string of the molecule is CC(=O)OC1COCCC1Nc1ncc2c(I)c(C#N)c(C(C)C(F)(F)F)n2n1. The normalized spacial score (nSPS) is 20.9. The fraction of sp³-hybridized carbons (Fsp3) is 0.529. The summed E-state index contributed by atoms with van der Waals surface area (Å²) in [5.41, 5.74) is -0.0126. The zero-order valence-corrected chi connectivity index (χ0v) is 17.6. The standard InChI is InChI=1S/C17H17F3IN5O3/c1-8(17(18,19)20)15-10(5-22)14(21)12-6-23-16(25-26(12)15)24-11-3-4-28-7-13(11)29-9(2)27/h6,8,11,13H,3-4,7H2,1-2H3,(H,24,25). The van der Waals surface area contributed by atoms with E-state index in [1.807, 2.05) is 28.7 Å². The molecular weight excluding hydrogens is 506 g/mol. The van der Waals surface area contributed by atoms with Gasteiger partial charge in [-0.05, 0) is 35.9 Å². The van der Waals surface area contributed by atoms with Gasteiger partial charge in [0.1, 0.15) is 12.2 Å². The van der Waals surface area contributed by atoms with Crippen LogP contribution in [0.4, 0.5) is 19.1 Å². The van der Waals surface area contributed by atoms with E-state index < -0.39 is 24.2 Å². The van der Waals surface area contributed by atoms with E-state index in [1.54, 1.807) is 0 Å². The number of carbonyl (C=O) groups excluding carboxylic acids is 1. The summed E-state index contributed by atoms with van der Waals surface area (Å²) in [7, 11) is 0. The van der Waals surface area contributed by atoms with E-state index in [0.717, 1.165) is 11.4 Å². The second-order valence-electron chi connectivity index (χ2n) is 6.59. The third-order valence-electron chi connectivity index (χ3n) is 4.61. The van der Waals surface area contributed by atoms with Crippen molar-refractivity contribution in [1.29, 1.82) is 5.26 Å². The van der Waals surface area contributed by atoms with Crippen LogP contribution in [0.3, 0.4) is 0 Å². The first kappa shape index (κ1) is 21.6. The third kappa shape index (κ3) is 4.40. The maximum absolute atomic E-state index is 13.4. The fourth-order valence-corrected chi connectivity index (χ4v) is 3.90. The first-order valence-corrected chi connectivity index (χ1v) is 9.76. The van der Waals surface area contributed by atoms with E-state index in [4.69, 9.17) is 9.47 Å². The summed E-state index contributed by atoms with van der Waals surface area (Å²) < 4.78 is 52.2. The summed E-state index contributed by atoms with van der Waals surface area (Å²) in [5.74, 6) is -2.30. The summed E-state index contributed by atoms with van der Waals surface area (Å²) in [6.45, 7) is 2.89. The number of hydrogen-bond acceptors (Lipinski definition) is 7. The molecular formula is C17H17F3IN5O3. The molecule has 0 bridgehead atoms. The summed E-state index contributed by atoms with van der Waals surface area (Å²) in [6, 6.07) is 1.48. The molecule has 8 nitrogen and oxygen atoms in total. The van der Waals surface area contributed by atoms with Crippen molar-refractivity contribution < 1.29 is 27.4 Å². The lowest BCUT2D eigenvalue weighted by molar-refractivity contribution is -0.153. The molecule has 0 spiro atoms. The Hall–Kier alpha value is -2.14. The lowest BCUT2D eigenvalue weighted by Gasteiger charge is -2.31. The topological polar surface area (TPSA) is 102 Å². The van der Waals surface area contributed by atoms with Crippen LogP contribution in [0.15, 0.2) is 6.20 Å². The molecule has 2 aromatic heterocycles. The van der Waals surface area contributed by atoms with Crippen molar-refractivity contribution in [3.05, 3.63) is 21.0 Å². The van der Waals surface area contributed by atoms with E-state index in [9.17, 15) is 23.2 Å². The minimum Gasteiger partial charge on any atom is -0.458 e. The minimum atomic E-state index is -4.54. The van der Waals surface area contributed by atoms with Gasteiger partial charge in [-0.3, -0.25) is 4.79 Å². The number of hydrogen-bond donors (Lipinski definition) is 1. The second kappa shape index (κ2) is 8.31. The number of nitrogens with one attached hydrogen (secondary N) is 1. The number of anilines is 1. The highest BCUT2D eigenvalue weighted by atomic mass is 127. The van der Waals surface area contributed by atoms with Crippen molar-refractivity contribution in [3.8, 4) is 6.07 Å². The molecule has 156 valence electrons. The number of rotatable bonds is 4. The van der Waals surface area contributed by atoms with Gasteiger partial charge < -0.3 is 14.8 Å². The van der Waals surface area contributed by atoms with Crippen molar-refractivity contribution >= 4 is 40.0 Å². The Morgan fingerprint density at radius 2 is 2.28 bits per heavy atom. The molecule has 1 fully saturated rings. The first-order chi connectivity index (χ1) is 13.6. The van der Waals surface area contributed by atoms with Crippen molar-refractivity contribution in [1.82, 2.24) is 14.6 Å². The molecule has 0 amide bonds. The smallest absolute Gasteiger partial charge is 0.397 e. The molecule has 29 heavy (non-hydrogen) atoms. The molecule has 3 heterocycles. The van der Waals surface area contributed by atoms with E-state index in [0.29, 0.717) is 22.1 Å². The van der Waals surface area contributed by atoms with Crippen molar-refractivity contribution in [2.45, 2.75) is 44.5 Å². The van der Waals surface area contributed by atoms with Gasteiger partial charge in [0.05, 0.1) is 45.1 Å². The van der Waals surface area contributed by atoms with Gasteiger partial charge in [-0.25, -0.2) is 9.50 Å². The summed E-state index contributed by atoms with van der Waals surface area (Å²) in [6.07, 6.45) is -3.25. The summed E-state index contributed by atoms with van der Waals surface area (Å²) in [5, 5.41) is 16.6. The van der Waals surface area contributed by atoms with Crippen LogP contribution in [0.2, 0.25) is 0 Å². The predicted octanol–water partition coefficient (Wildman–Crippen LogP) is 3.00. The van der Waals surface area contributed by atoms with Gasteiger partial charge in [0.15, 0.2) is 0 Å². The zero-order valence-electron chi connectivity index (χ0n) is 15.5. The third-order valence-corrected chi connectivity index (χ3v) is 5.70. The molecule has 0 saturated carbocycles. The lowest BCUT2D eigenvalue weighted by atomic mass is 10.0. The highest BCUT2D eigenvalue weighted by Crippen LogP contribution is 2.38. The number of nitrogens with zero attached hydrogens (tertiary/aromatic N) is 4. The van der Waals surface area contributed by atoms with E-state index in [-0.39, 0.29) is 29.9 Å². The first-order valence-electron chi connectivity index (χ1n) is 8.69. The van der Waals surface area contributed by atoms with Crippen LogP contribution in [-0.2, 0) is 14.3 Å². The van der Waals surface area contributed by atoms with Crippen LogP contribution in [0.5, 0.6) is 0 Å². The number of fused-ring (bicyclic) bond motifs is 1. The molecule has 3 atom stereocenters. The number of esters is 1. The van der Waals surface area contributed by atoms with Crippen molar-refractivity contribution in [2.24, 2.45) is 0 Å². The molecule has 2 aromatic rings. The maximum atomic E-state index is 13.4. The summed E-state index contributed by atoms with van der Waals surface area (Å²) in [4.78, 5) is 15.5. The minimum absolute atomic E-state index is 0.0630. The zero-order chi connectivity index (χ0) is 21.3.